The van der Waals surface area contributed by atoms with Gasteiger partial charge in [0.2, 0.25) is 5.91 Å². The van der Waals surface area contributed by atoms with Crippen LogP contribution in [0.1, 0.15) is 60.3 Å². The molecule has 0 bridgehead atoms. The van der Waals surface area contributed by atoms with Gasteiger partial charge in [-0.2, -0.15) is 0 Å². The van der Waals surface area contributed by atoms with Gasteiger partial charge in [-0.05, 0) is 24.7 Å². The van der Waals surface area contributed by atoms with Crippen molar-refractivity contribution in [3.8, 4) is 0 Å². The molecule has 1 saturated carbocycles. The topological polar surface area (TPSA) is 29.1 Å². The maximum Gasteiger partial charge on any atom is 0.225 e. The first-order valence-corrected chi connectivity index (χ1v) is 6.63. The summed E-state index contributed by atoms with van der Waals surface area (Å²) in [5.41, 5.74) is -0.272. The normalized spacial score (nSPS) is 20.1. The summed E-state index contributed by atoms with van der Waals surface area (Å²) in [4.78, 5) is 12.0. The van der Waals surface area contributed by atoms with Crippen molar-refractivity contribution >= 4 is 5.91 Å². The van der Waals surface area contributed by atoms with Crippen molar-refractivity contribution in [3.05, 3.63) is 0 Å². The Labute approximate surface area is 100 Å². The molecule has 1 aliphatic rings. The van der Waals surface area contributed by atoms with E-state index in [-0.39, 0.29) is 11.3 Å². The van der Waals surface area contributed by atoms with E-state index in [0.29, 0.717) is 17.9 Å². The quantitative estimate of drug-likeness (QED) is 0.784. The minimum Gasteiger partial charge on any atom is -0.352 e. The number of nitrogens with one attached hydrogen (secondary N) is 1. The van der Waals surface area contributed by atoms with Crippen molar-refractivity contribution < 1.29 is 4.79 Å². The molecule has 0 aromatic rings. The SMILES string of the molecule is CC(C)[C@@H](NC(=O)C(C)(C)C)C1CCCC1. The number of hydrogen-bond donors (Lipinski definition) is 1. The Morgan fingerprint density at radius 1 is 1.19 bits per heavy atom. The van der Waals surface area contributed by atoms with Crippen LogP contribution >= 0.6 is 0 Å². The van der Waals surface area contributed by atoms with Gasteiger partial charge in [-0.15, -0.1) is 0 Å². The van der Waals surface area contributed by atoms with Crippen molar-refractivity contribution in [2.24, 2.45) is 17.3 Å². The van der Waals surface area contributed by atoms with E-state index < -0.39 is 0 Å². The molecule has 1 amide bonds. The number of carbonyl (C=O) groups excluding carboxylic acids is 1. The zero-order valence-electron chi connectivity index (χ0n) is 11.5. The highest BCUT2D eigenvalue weighted by molar-refractivity contribution is 5.81. The van der Waals surface area contributed by atoms with Crippen molar-refractivity contribution in [1.82, 2.24) is 5.32 Å². The lowest BCUT2D eigenvalue weighted by Crippen LogP contribution is -2.47. The van der Waals surface area contributed by atoms with E-state index in [1.165, 1.54) is 25.7 Å². The molecule has 0 heterocycles. The second-order valence-electron chi connectivity index (χ2n) is 6.54. The van der Waals surface area contributed by atoms with Crippen LogP contribution in [0.25, 0.3) is 0 Å². The second-order valence-corrected chi connectivity index (χ2v) is 6.54. The second kappa shape index (κ2) is 5.20. The Kier molecular flexibility index (Phi) is 4.40. The van der Waals surface area contributed by atoms with Crippen molar-refractivity contribution in [2.75, 3.05) is 0 Å². The van der Waals surface area contributed by atoms with E-state index >= 15 is 0 Å². The standard InChI is InChI=1S/C14H27NO/c1-10(2)12(11-8-6-7-9-11)15-13(16)14(3,4)5/h10-12H,6-9H2,1-5H3,(H,15,16)/t12-/m1/s1. The maximum atomic E-state index is 12.0. The molecular formula is C14H27NO. The monoisotopic (exact) mass is 225 g/mol. The van der Waals surface area contributed by atoms with Gasteiger partial charge in [-0.25, -0.2) is 0 Å². The molecule has 0 aromatic carbocycles. The van der Waals surface area contributed by atoms with Crippen LogP contribution in [0.3, 0.4) is 0 Å². The summed E-state index contributed by atoms with van der Waals surface area (Å²) in [6.45, 7) is 10.4. The Morgan fingerprint density at radius 2 is 1.69 bits per heavy atom. The zero-order chi connectivity index (χ0) is 12.3. The Balaban J connectivity index is 2.61. The van der Waals surface area contributed by atoms with Gasteiger partial charge in [-0.1, -0.05) is 47.5 Å². The number of carbonyl (C=O) groups is 1. The minimum absolute atomic E-state index is 0.193. The van der Waals surface area contributed by atoms with Crippen LogP contribution in [0, 0.1) is 17.3 Å². The van der Waals surface area contributed by atoms with Gasteiger partial charge < -0.3 is 5.32 Å². The van der Waals surface area contributed by atoms with Crippen LogP contribution in [-0.4, -0.2) is 11.9 Å². The summed E-state index contributed by atoms with van der Waals surface area (Å²) in [5, 5.41) is 3.26. The summed E-state index contributed by atoms with van der Waals surface area (Å²) < 4.78 is 0. The minimum atomic E-state index is -0.272. The van der Waals surface area contributed by atoms with Crippen LogP contribution in [0.5, 0.6) is 0 Å². The molecule has 16 heavy (non-hydrogen) atoms. The number of hydrogen-bond acceptors (Lipinski definition) is 1. The predicted octanol–water partition coefficient (Wildman–Crippen LogP) is 3.36. The number of amides is 1. The first kappa shape index (κ1) is 13.5. The molecule has 1 atom stereocenters. The number of rotatable bonds is 3. The highest BCUT2D eigenvalue weighted by Gasteiger charge is 2.31. The molecule has 1 rings (SSSR count). The lowest BCUT2D eigenvalue weighted by atomic mass is 9.87. The molecule has 0 aromatic heterocycles. The smallest absolute Gasteiger partial charge is 0.225 e. The summed E-state index contributed by atoms with van der Waals surface area (Å²) >= 11 is 0. The fraction of sp³-hybridized carbons (Fsp3) is 0.929. The summed E-state index contributed by atoms with van der Waals surface area (Å²) in [5.74, 6) is 1.43. The van der Waals surface area contributed by atoms with Crippen LogP contribution in [0.2, 0.25) is 0 Å². The van der Waals surface area contributed by atoms with E-state index in [0.717, 1.165) is 0 Å². The Bertz CT molecular complexity index is 234. The van der Waals surface area contributed by atoms with Gasteiger partial charge in [0.05, 0.1) is 0 Å². The maximum absolute atomic E-state index is 12.0. The lowest BCUT2D eigenvalue weighted by Gasteiger charge is -2.31. The van der Waals surface area contributed by atoms with Crippen LogP contribution in [0.15, 0.2) is 0 Å². The van der Waals surface area contributed by atoms with Gasteiger partial charge in [-0.3, -0.25) is 4.79 Å². The molecule has 0 spiro atoms. The molecule has 0 radical (unpaired) electrons. The molecule has 0 unspecified atom stereocenters. The first-order chi connectivity index (χ1) is 7.32. The summed E-state index contributed by atoms with van der Waals surface area (Å²) in [6, 6.07) is 0.370. The van der Waals surface area contributed by atoms with Crippen molar-refractivity contribution in [1.29, 1.82) is 0 Å². The fourth-order valence-electron chi connectivity index (χ4n) is 2.51. The molecular weight excluding hydrogens is 198 g/mol. The third-order valence-corrected chi connectivity index (χ3v) is 3.60. The van der Waals surface area contributed by atoms with E-state index in [2.05, 4.69) is 19.2 Å². The van der Waals surface area contributed by atoms with Gasteiger partial charge in [0, 0.05) is 11.5 Å². The third kappa shape index (κ3) is 3.50. The molecule has 1 aliphatic carbocycles. The summed E-state index contributed by atoms with van der Waals surface area (Å²) in [6.07, 6.45) is 5.24. The first-order valence-electron chi connectivity index (χ1n) is 6.63. The summed E-state index contributed by atoms with van der Waals surface area (Å²) in [7, 11) is 0. The van der Waals surface area contributed by atoms with Gasteiger partial charge in [0.1, 0.15) is 0 Å². The molecule has 2 heteroatoms. The average Bonchev–Trinajstić information content (AvgIpc) is 2.63. The lowest BCUT2D eigenvalue weighted by molar-refractivity contribution is -0.130. The molecule has 0 aliphatic heterocycles. The molecule has 0 saturated heterocycles. The average molecular weight is 225 g/mol. The molecule has 94 valence electrons. The zero-order valence-corrected chi connectivity index (χ0v) is 11.5. The van der Waals surface area contributed by atoms with Crippen molar-refractivity contribution in [3.63, 3.8) is 0 Å². The molecule has 1 N–H and O–H groups in total. The van der Waals surface area contributed by atoms with Crippen LogP contribution in [-0.2, 0) is 4.79 Å². The highest BCUT2D eigenvalue weighted by Crippen LogP contribution is 2.31. The predicted molar refractivity (Wildman–Crippen MR) is 68.2 cm³/mol. The van der Waals surface area contributed by atoms with Gasteiger partial charge in [0.15, 0.2) is 0 Å². The van der Waals surface area contributed by atoms with Crippen LogP contribution in [0.4, 0.5) is 0 Å². The highest BCUT2D eigenvalue weighted by atomic mass is 16.2. The van der Waals surface area contributed by atoms with Crippen LogP contribution < -0.4 is 5.32 Å². The van der Waals surface area contributed by atoms with Crippen molar-refractivity contribution in [2.45, 2.75) is 66.3 Å². The molecule has 1 fully saturated rings. The van der Waals surface area contributed by atoms with Gasteiger partial charge in [0.25, 0.3) is 0 Å². The van der Waals surface area contributed by atoms with E-state index in [4.69, 9.17) is 0 Å². The van der Waals surface area contributed by atoms with E-state index in [1.54, 1.807) is 0 Å². The van der Waals surface area contributed by atoms with E-state index in [1.807, 2.05) is 20.8 Å². The Hall–Kier alpha value is -0.530. The molecule has 2 nitrogen and oxygen atoms in total. The fourth-order valence-corrected chi connectivity index (χ4v) is 2.51. The third-order valence-electron chi connectivity index (χ3n) is 3.60. The van der Waals surface area contributed by atoms with E-state index in [9.17, 15) is 4.79 Å². The Morgan fingerprint density at radius 3 is 2.06 bits per heavy atom. The van der Waals surface area contributed by atoms with Gasteiger partial charge >= 0.3 is 0 Å². The largest absolute Gasteiger partial charge is 0.352 e.